The van der Waals surface area contributed by atoms with Crippen LogP contribution in [0.2, 0.25) is 0 Å². The van der Waals surface area contributed by atoms with E-state index in [4.69, 9.17) is 0 Å². The van der Waals surface area contributed by atoms with Crippen molar-refractivity contribution in [3.05, 3.63) is 0 Å². The zero-order chi connectivity index (χ0) is 11.2. The minimum Gasteiger partial charge on any atom is -0.313 e. The first-order valence-corrected chi connectivity index (χ1v) is 7.03. The highest BCUT2D eigenvalue weighted by Crippen LogP contribution is 2.08. The van der Waals surface area contributed by atoms with Gasteiger partial charge < -0.3 is 15.1 Å². The van der Waals surface area contributed by atoms with Crippen LogP contribution in [0.3, 0.4) is 0 Å². The van der Waals surface area contributed by atoms with Gasteiger partial charge in [-0.25, -0.2) is 0 Å². The first-order chi connectivity index (χ1) is 7.84. The molecule has 16 heavy (non-hydrogen) atoms. The predicted octanol–water partition coefficient (Wildman–Crippen LogP) is 1.16. The molecule has 0 aromatic rings. The van der Waals surface area contributed by atoms with Gasteiger partial charge in [-0.3, -0.25) is 0 Å². The van der Waals surface area contributed by atoms with Gasteiger partial charge in [0, 0.05) is 25.7 Å². The third-order valence-electron chi connectivity index (χ3n) is 3.86. The van der Waals surface area contributed by atoms with Gasteiger partial charge in [-0.05, 0) is 52.4 Å². The number of likely N-dealkylation sites (tertiary alicyclic amines) is 1. The van der Waals surface area contributed by atoms with Crippen molar-refractivity contribution in [2.45, 2.75) is 38.6 Å². The van der Waals surface area contributed by atoms with Gasteiger partial charge in [-0.1, -0.05) is 6.42 Å². The normalized spacial score (nSPS) is 30.2. The highest BCUT2D eigenvalue weighted by atomic mass is 15.2. The van der Waals surface area contributed by atoms with E-state index < -0.39 is 0 Å². The molecule has 1 atom stereocenters. The van der Waals surface area contributed by atoms with Crippen molar-refractivity contribution in [1.82, 2.24) is 15.1 Å². The molecule has 0 bridgehead atoms. The maximum absolute atomic E-state index is 3.56. The van der Waals surface area contributed by atoms with Crippen LogP contribution in [0, 0.1) is 0 Å². The first kappa shape index (κ1) is 12.3. The van der Waals surface area contributed by atoms with Gasteiger partial charge in [-0.2, -0.15) is 0 Å². The molecular weight excluding hydrogens is 198 g/mol. The Morgan fingerprint density at radius 2 is 1.62 bits per heavy atom. The third kappa shape index (κ3) is 4.04. The van der Waals surface area contributed by atoms with Crippen molar-refractivity contribution < 1.29 is 0 Å². The minimum atomic E-state index is 0.670. The molecule has 2 aliphatic rings. The second-order valence-corrected chi connectivity index (χ2v) is 5.41. The van der Waals surface area contributed by atoms with E-state index in [-0.39, 0.29) is 0 Å². The van der Waals surface area contributed by atoms with Gasteiger partial charge in [0.05, 0.1) is 0 Å². The van der Waals surface area contributed by atoms with Crippen molar-refractivity contribution in [2.24, 2.45) is 0 Å². The zero-order valence-corrected chi connectivity index (χ0v) is 10.7. The monoisotopic (exact) mass is 225 g/mol. The lowest BCUT2D eigenvalue weighted by molar-refractivity contribution is 0.181. The fourth-order valence-corrected chi connectivity index (χ4v) is 2.86. The Labute approximate surface area is 100 Å². The Hall–Kier alpha value is -0.120. The number of hydrogen-bond acceptors (Lipinski definition) is 3. The van der Waals surface area contributed by atoms with E-state index in [2.05, 4.69) is 22.0 Å². The molecule has 0 amide bonds. The Morgan fingerprint density at radius 1 is 0.938 bits per heavy atom. The first-order valence-electron chi connectivity index (χ1n) is 7.03. The van der Waals surface area contributed by atoms with Gasteiger partial charge >= 0.3 is 0 Å². The summed E-state index contributed by atoms with van der Waals surface area (Å²) in [5, 5.41) is 3.56. The van der Waals surface area contributed by atoms with E-state index in [1.165, 1.54) is 71.5 Å². The smallest absolute Gasteiger partial charge is 0.0166 e. The highest BCUT2D eigenvalue weighted by Gasteiger charge is 2.15. The lowest BCUT2D eigenvalue weighted by Crippen LogP contribution is -2.41. The molecule has 3 heteroatoms. The minimum absolute atomic E-state index is 0.670. The predicted molar refractivity (Wildman–Crippen MR) is 68.8 cm³/mol. The second kappa shape index (κ2) is 6.58. The van der Waals surface area contributed by atoms with Crippen molar-refractivity contribution >= 4 is 0 Å². The van der Waals surface area contributed by atoms with Gasteiger partial charge in [0.2, 0.25) is 0 Å². The van der Waals surface area contributed by atoms with Gasteiger partial charge in [0.25, 0.3) is 0 Å². The summed E-state index contributed by atoms with van der Waals surface area (Å²) in [7, 11) is 0. The Balaban J connectivity index is 1.67. The lowest BCUT2D eigenvalue weighted by Gasteiger charge is -2.30. The van der Waals surface area contributed by atoms with Crippen molar-refractivity contribution in [2.75, 3.05) is 45.8 Å². The van der Waals surface area contributed by atoms with Crippen LogP contribution in [-0.4, -0.2) is 61.7 Å². The molecule has 3 nitrogen and oxygen atoms in total. The Bertz CT molecular complexity index is 190. The van der Waals surface area contributed by atoms with E-state index in [0.717, 1.165) is 0 Å². The van der Waals surface area contributed by atoms with Gasteiger partial charge in [0.15, 0.2) is 0 Å². The van der Waals surface area contributed by atoms with Gasteiger partial charge in [-0.15, -0.1) is 0 Å². The molecule has 1 unspecified atom stereocenters. The summed E-state index contributed by atoms with van der Waals surface area (Å²) in [6, 6.07) is 0.670. The molecule has 0 saturated carbocycles. The number of nitrogens with one attached hydrogen (secondary N) is 1. The highest BCUT2D eigenvalue weighted by molar-refractivity contribution is 4.74. The van der Waals surface area contributed by atoms with E-state index in [0.29, 0.717) is 6.04 Å². The molecule has 0 aliphatic carbocycles. The molecule has 2 rings (SSSR count). The summed E-state index contributed by atoms with van der Waals surface area (Å²) in [6.45, 7) is 11.2. The van der Waals surface area contributed by atoms with Crippen LogP contribution in [-0.2, 0) is 0 Å². The molecule has 2 saturated heterocycles. The molecule has 0 aromatic heterocycles. The summed E-state index contributed by atoms with van der Waals surface area (Å²) in [5.74, 6) is 0. The van der Waals surface area contributed by atoms with Crippen molar-refractivity contribution in [3.63, 3.8) is 0 Å². The Kier molecular flexibility index (Phi) is 5.07. The zero-order valence-electron chi connectivity index (χ0n) is 10.7. The van der Waals surface area contributed by atoms with Crippen LogP contribution >= 0.6 is 0 Å². The van der Waals surface area contributed by atoms with Crippen LogP contribution in [0.4, 0.5) is 0 Å². The van der Waals surface area contributed by atoms with Crippen molar-refractivity contribution in [3.8, 4) is 0 Å². The van der Waals surface area contributed by atoms with Crippen LogP contribution in [0.1, 0.15) is 32.6 Å². The van der Waals surface area contributed by atoms with Crippen molar-refractivity contribution in [1.29, 1.82) is 0 Å². The van der Waals surface area contributed by atoms with E-state index in [9.17, 15) is 0 Å². The molecule has 2 heterocycles. The van der Waals surface area contributed by atoms with Crippen LogP contribution in [0.15, 0.2) is 0 Å². The molecule has 0 radical (unpaired) electrons. The lowest BCUT2D eigenvalue weighted by atomic mass is 10.1. The van der Waals surface area contributed by atoms with E-state index in [1.54, 1.807) is 0 Å². The fraction of sp³-hybridized carbons (Fsp3) is 1.00. The topological polar surface area (TPSA) is 18.5 Å². The third-order valence-corrected chi connectivity index (χ3v) is 3.86. The summed E-state index contributed by atoms with van der Waals surface area (Å²) in [6.07, 6.45) is 5.58. The molecule has 94 valence electrons. The largest absolute Gasteiger partial charge is 0.313 e. The summed E-state index contributed by atoms with van der Waals surface area (Å²) in [4.78, 5) is 5.28. The average Bonchev–Trinajstić information content (AvgIpc) is 2.52. The number of hydrogen-bond donors (Lipinski definition) is 1. The van der Waals surface area contributed by atoms with E-state index in [1.807, 2.05) is 0 Å². The maximum Gasteiger partial charge on any atom is 0.0166 e. The summed E-state index contributed by atoms with van der Waals surface area (Å²) >= 11 is 0. The molecule has 1 N–H and O–H groups in total. The molecular formula is C13H27N3. The molecule has 0 aromatic carbocycles. The van der Waals surface area contributed by atoms with Crippen LogP contribution in [0.25, 0.3) is 0 Å². The quantitative estimate of drug-likeness (QED) is 0.777. The summed E-state index contributed by atoms with van der Waals surface area (Å²) < 4.78 is 0. The molecule has 2 fully saturated rings. The Morgan fingerprint density at radius 3 is 2.44 bits per heavy atom. The maximum atomic E-state index is 3.56. The molecule has 2 aliphatic heterocycles. The second-order valence-electron chi connectivity index (χ2n) is 5.41. The van der Waals surface area contributed by atoms with Crippen LogP contribution in [0.5, 0.6) is 0 Å². The van der Waals surface area contributed by atoms with Gasteiger partial charge in [0.1, 0.15) is 0 Å². The van der Waals surface area contributed by atoms with Crippen LogP contribution < -0.4 is 5.32 Å². The SMILES string of the molecule is CC1CN(CCN2CCCCC2)CCCN1. The molecule has 0 spiro atoms. The van der Waals surface area contributed by atoms with E-state index >= 15 is 0 Å². The summed E-state index contributed by atoms with van der Waals surface area (Å²) in [5.41, 5.74) is 0. The fourth-order valence-electron chi connectivity index (χ4n) is 2.86. The number of rotatable bonds is 3. The number of nitrogens with zero attached hydrogens (tertiary/aromatic N) is 2. The average molecular weight is 225 g/mol. The number of piperidine rings is 1. The standard InChI is InChI=1S/C13H27N3/c1-13-12-16(9-5-6-14-13)11-10-15-7-3-2-4-8-15/h13-14H,2-12H2,1H3.